The number of aliphatic hydroxyl groups excluding tert-OH is 1. The molecule has 0 aromatic heterocycles. The standard InChI is InChI=1S/C9H13NO2.C2H6O.H2O4S/c1-6(5-10)7-2-8(11)4-9(12)3-7;1-2-3;1-5(2,3)4/h2-4,6,11-12H,5,10H2,1H3;3H,2H2,1H3;(H2,1,2,3,4). The zero-order valence-electron chi connectivity index (χ0n) is 11.3. The van der Waals surface area contributed by atoms with Gasteiger partial charge in [-0.25, -0.2) is 0 Å². The highest BCUT2D eigenvalue weighted by Gasteiger charge is 2.05. The number of benzene rings is 1. The molecule has 0 bridgehead atoms. The maximum absolute atomic E-state index is 9.14. The Morgan fingerprint density at radius 1 is 1.15 bits per heavy atom. The fraction of sp³-hybridized carbons (Fsp3) is 0.455. The molecule has 0 saturated heterocycles. The Balaban J connectivity index is 0. The second-order valence-corrected chi connectivity index (χ2v) is 4.58. The molecule has 1 aromatic rings. The van der Waals surface area contributed by atoms with Gasteiger partial charge in [-0.15, -0.1) is 0 Å². The molecule has 1 atom stereocenters. The molecule has 0 aliphatic heterocycles. The second kappa shape index (κ2) is 10.4. The van der Waals surface area contributed by atoms with Crippen LogP contribution < -0.4 is 5.73 Å². The predicted octanol–water partition coefficient (Wildman–Crippen LogP) is 0.506. The van der Waals surface area contributed by atoms with E-state index in [1.807, 2.05) is 6.92 Å². The third-order valence-corrected chi connectivity index (χ3v) is 1.85. The molecule has 0 heterocycles. The maximum atomic E-state index is 9.14. The van der Waals surface area contributed by atoms with Gasteiger partial charge in [-0.1, -0.05) is 6.92 Å². The molecule has 0 aliphatic rings. The highest BCUT2D eigenvalue weighted by Crippen LogP contribution is 2.25. The summed E-state index contributed by atoms with van der Waals surface area (Å²) in [4.78, 5) is 0. The molecule has 0 aliphatic carbocycles. The van der Waals surface area contributed by atoms with Crippen molar-refractivity contribution in [2.24, 2.45) is 5.73 Å². The molecule has 0 radical (unpaired) electrons. The summed E-state index contributed by atoms with van der Waals surface area (Å²) in [6.07, 6.45) is 0. The molecule has 7 N–H and O–H groups in total. The van der Waals surface area contributed by atoms with Crippen molar-refractivity contribution < 1.29 is 32.8 Å². The summed E-state index contributed by atoms with van der Waals surface area (Å²) in [5.74, 6) is 0.304. The van der Waals surface area contributed by atoms with Crippen LogP contribution in [0.5, 0.6) is 11.5 Å². The van der Waals surface area contributed by atoms with Crippen LogP contribution in [0.1, 0.15) is 25.3 Å². The maximum Gasteiger partial charge on any atom is 0.394 e. The van der Waals surface area contributed by atoms with Gasteiger partial charge in [0.1, 0.15) is 11.5 Å². The molecule has 1 aromatic carbocycles. The van der Waals surface area contributed by atoms with Crippen LogP contribution in [0.15, 0.2) is 18.2 Å². The molecule has 0 spiro atoms. The fourth-order valence-corrected chi connectivity index (χ4v) is 1.04. The predicted molar refractivity (Wildman–Crippen MR) is 74.2 cm³/mol. The van der Waals surface area contributed by atoms with Crippen molar-refractivity contribution in [2.45, 2.75) is 19.8 Å². The van der Waals surface area contributed by atoms with E-state index in [1.54, 1.807) is 19.1 Å². The molecule has 1 unspecified atom stereocenters. The van der Waals surface area contributed by atoms with E-state index in [0.29, 0.717) is 6.54 Å². The van der Waals surface area contributed by atoms with Crippen molar-refractivity contribution >= 4 is 10.4 Å². The van der Waals surface area contributed by atoms with Gasteiger partial charge in [0.25, 0.3) is 0 Å². The first-order chi connectivity index (χ1) is 9.04. The molecule has 0 amide bonds. The number of hydrogen-bond donors (Lipinski definition) is 6. The Morgan fingerprint density at radius 3 is 1.70 bits per heavy atom. The van der Waals surface area contributed by atoms with Gasteiger partial charge in [-0.3, -0.25) is 9.11 Å². The Morgan fingerprint density at radius 2 is 1.45 bits per heavy atom. The van der Waals surface area contributed by atoms with E-state index >= 15 is 0 Å². The third-order valence-electron chi connectivity index (χ3n) is 1.85. The van der Waals surface area contributed by atoms with Crippen LogP contribution in [0, 0.1) is 0 Å². The van der Waals surface area contributed by atoms with E-state index in [-0.39, 0.29) is 24.0 Å². The van der Waals surface area contributed by atoms with E-state index in [4.69, 9.17) is 38.6 Å². The minimum atomic E-state index is -4.67. The molecule has 0 saturated carbocycles. The number of hydrogen-bond acceptors (Lipinski definition) is 6. The molecule has 0 fully saturated rings. The average molecular weight is 311 g/mol. The summed E-state index contributed by atoms with van der Waals surface area (Å²) >= 11 is 0. The van der Waals surface area contributed by atoms with E-state index in [2.05, 4.69) is 0 Å². The average Bonchev–Trinajstić information content (AvgIpc) is 2.25. The highest BCUT2D eigenvalue weighted by molar-refractivity contribution is 7.79. The van der Waals surface area contributed by atoms with Gasteiger partial charge in [0.2, 0.25) is 0 Å². The SMILES string of the molecule is CC(CN)c1cc(O)cc(O)c1.CCO.O=S(=O)(O)O. The lowest BCUT2D eigenvalue weighted by Crippen LogP contribution is -2.08. The minimum absolute atomic E-state index is 0.0744. The molecular formula is C11H21NO7S. The van der Waals surface area contributed by atoms with Crippen LogP contribution in [-0.2, 0) is 10.4 Å². The minimum Gasteiger partial charge on any atom is -0.508 e. The number of rotatable bonds is 2. The van der Waals surface area contributed by atoms with Crippen LogP contribution in [0.25, 0.3) is 0 Å². The van der Waals surface area contributed by atoms with Gasteiger partial charge < -0.3 is 21.1 Å². The Kier molecular flexibility index (Phi) is 10.9. The topological polar surface area (TPSA) is 161 Å². The summed E-state index contributed by atoms with van der Waals surface area (Å²) in [6, 6.07) is 4.52. The van der Waals surface area contributed by atoms with Gasteiger partial charge in [0.05, 0.1) is 0 Å². The third kappa shape index (κ3) is 14.7. The quantitative estimate of drug-likeness (QED) is 0.430. The number of phenolic OH excluding ortho intramolecular Hbond substituents is 2. The first kappa shape index (κ1) is 20.9. The summed E-state index contributed by atoms with van der Waals surface area (Å²) in [5, 5.41) is 25.8. The lowest BCUT2D eigenvalue weighted by molar-refractivity contribution is 0.318. The van der Waals surface area contributed by atoms with Gasteiger partial charge in [0.15, 0.2) is 0 Å². The van der Waals surface area contributed by atoms with Gasteiger partial charge >= 0.3 is 10.4 Å². The van der Waals surface area contributed by atoms with E-state index in [1.165, 1.54) is 6.07 Å². The summed E-state index contributed by atoms with van der Waals surface area (Å²) < 4.78 is 31.6. The van der Waals surface area contributed by atoms with Crippen LogP contribution in [0.3, 0.4) is 0 Å². The lowest BCUT2D eigenvalue weighted by Gasteiger charge is -2.09. The largest absolute Gasteiger partial charge is 0.508 e. The van der Waals surface area contributed by atoms with E-state index in [9.17, 15) is 0 Å². The number of aliphatic hydroxyl groups is 1. The van der Waals surface area contributed by atoms with Gasteiger partial charge in [0, 0.05) is 12.7 Å². The van der Waals surface area contributed by atoms with Crippen LogP contribution in [0.4, 0.5) is 0 Å². The highest BCUT2D eigenvalue weighted by atomic mass is 32.3. The zero-order chi connectivity index (χ0) is 16.3. The molecule has 9 heteroatoms. The van der Waals surface area contributed by atoms with Crippen molar-refractivity contribution in [3.05, 3.63) is 23.8 Å². The molecule has 8 nitrogen and oxygen atoms in total. The lowest BCUT2D eigenvalue weighted by atomic mass is 10.0. The fourth-order valence-electron chi connectivity index (χ4n) is 1.04. The van der Waals surface area contributed by atoms with Crippen molar-refractivity contribution in [1.82, 2.24) is 0 Å². The number of phenols is 2. The van der Waals surface area contributed by atoms with Crippen molar-refractivity contribution in [3.8, 4) is 11.5 Å². The van der Waals surface area contributed by atoms with Gasteiger partial charge in [-0.2, -0.15) is 8.42 Å². The van der Waals surface area contributed by atoms with E-state index in [0.717, 1.165) is 5.56 Å². The Hall–Kier alpha value is -1.39. The number of nitrogens with two attached hydrogens (primary N) is 1. The van der Waals surface area contributed by atoms with E-state index < -0.39 is 10.4 Å². The Labute approximate surface area is 118 Å². The molecule has 20 heavy (non-hydrogen) atoms. The summed E-state index contributed by atoms with van der Waals surface area (Å²) in [7, 11) is -4.67. The summed E-state index contributed by atoms with van der Waals surface area (Å²) in [5.41, 5.74) is 6.30. The van der Waals surface area contributed by atoms with Crippen LogP contribution >= 0.6 is 0 Å². The Bertz CT molecular complexity index is 447. The normalized spacial score (nSPS) is 11.5. The van der Waals surface area contributed by atoms with Crippen LogP contribution in [-0.4, -0.2) is 46.0 Å². The number of aromatic hydroxyl groups is 2. The smallest absolute Gasteiger partial charge is 0.394 e. The molecule has 1 rings (SSSR count). The van der Waals surface area contributed by atoms with Crippen LogP contribution in [0.2, 0.25) is 0 Å². The molecular weight excluding hydrogens is 290 g/mol. The zero-order valence-corrected chi connectivity index (χ0v) is 12.1. The second-order valence-electron chi connectivity index (χ2n) is 3.68. The van der Waals surface area contributed by atoms with Crippen molar-refractivity contribution in [2.75, 3.05) is 13.2 Å². The summed E-state index contributed by atoms with van der Waals surface area (Å²) in [6.45, 7) is 4.37. The van der Waals surface area contributed by atoms with Crippen molar-refractivity contribution in [3.63, 3.8) is 0 Å². The van der Waals surface area contributed by atoms with Crippen molar-refractivity contribution in [1.29, 1.82) is 0 Å². The molecule has 118 valence electrons. The first-order valence-corrected chi connectivity index (χ1v) is 6.98. The monoisotopic (exact) mass is 311 g/mol. The first-order valence-electron chi connectivity index (χ1n) is 5.58. The van der Waals surface area contributed by atoms with Gasteiger partial charge in [-0.05, 0) is 37.1 Å².